The van der Waals surface area contributed by atoms with E-state index in [1.54, 1.807) is 7.11 Å². The van der Waals surface area contributed by atoms with Crippen LogP contribution in [0, 0.1) is 0 Å². The molecule has 0 radical (unpaired) electrons. The Morgan fingerprint density at radius 3 is 2.47 bits per heavy atom. The Kier molecular flexibility index (Phi) is 6.39. The van der Waals surface area contributed by atoms with Crippen LogP contribution < -0.4 is 15.2 Å². The molecule has 3 rings (SSSR count). The Labute approximate surface area is 178 Å². The molecule has 0 amide bonds. The summed E-state index contributed by atoms with van der Waals surface area (Å²) in [6.45, 7) is 14.0. The average Bonchev–Trinajstić information content (AvgIpc) is 3.05. The van der Waals surface area contributed by atoms with Crippen LogP contribution in [0.15, 0.2) is 33.1 Å². The number of methoxy groups -OCH3 is 1. The zero-order chi connectivity index (χ0) is 22.0. The van der Waals surface area contributed by atoms with E-state index in [1.165, 1.54) is 4.68 Å². The lowest BCUT2D eigenvalue weighted by Crippen LogP contribution is -2.27. The normalized spacial score (nSPS) is 14.3. The third-order valence-corrected chi connectivity index (χ3v) is 5.42. The van der Waals surface area contributed by atoms with Gasteiger partial charge in [0.05, 0.1) is 18.5 Å². The van der Waals surface area contributed by atoms with Crippen LogP contribution >= 0.6 is 0 Å². The van der Waals surface area contributed by atoms with E-state index in [0.717, 1.165) is 24.5 Å². The number of nitrogens with zero attached hydrogens (tertiary/aromatic N) is 5. The largest absolute Gasteiger partial charge is 0.494 e. The number of benzene rings is 1. The van der Waals surface area contributed by atoms with Crippen molar-refractivity contribution in [3.8, 4) is 5.75 Å². The molecule has 7 nitrogen and oxygen atoms in total. The van der Waals surface area contributed by atoms with Gasteiger partial charge in [0.2, 0.25) is 0 Å². The van der Waals surface area contributed by atoms with Crippen molar-refractivity contribution in [3.05, 3.63) is 45.6 Å². The van der Waals surface area contributed by atoms with Crippen LogP contribution in [-0.2, 0) is 6.42 Å². The molecule has 7 heteroatoms. The summed E-state index contributed by atoms with van der Waals surface area (Å²) >= 11 is 0. The van der Waals surface area contributed by atoms with E-state index in [1.807, 2.05) is 45.9 Å². The topological polar surface area (TPSA) is 72.1 Å². The van der Waals surface area contributed by atoms with Crippen molar-refractivity contribution in [3.63, 3.8) is 0 Å². The van der Waals surface area contributed by atoms with Gasteiger partial charge in [-0.25, -0.2) is 9.98 Å². The predicted octanol–water partition coefficient (Wildman–Crippen LogP) is 4.14. The van der Waals surface area contributed by atoms with Gasteiger partial charge in [0.25, 0.3) is 5.56 Å². The van der Waals surface area contributed by atoms with Crippen molar-refractivity contribution >= 4 is 22.8 Å². The second kappa shape index (κ2) is 8.81. The van der Waals surface area contributed by atoms with Gasteiger partial charge in [-0.2, -0.15) is 9.78 Å². The summed E-state index contributed by atoms with van der Waals surface area (Å²) in [5.74, 6) is 1.31. The summed E-state index contributed by atoms with van der Waals surface area (Å²) in [4.78, 5) is 24.9. The monoisotopic (exact) mass is 409 g/mol. The number of hydrogen-bond acceptors (Lipinski definition) is 6. The van der Waals surface area contributed by atoms with Crippen LogP contribution in [-0.4, -0.2) is 41.3 Å². The molecule has 30 heavy (non-hydrogen) atoms. The maximum atomic E-state index is 13.0. The molecule has 0 saturated heterocycles. The minimum atomic E-state index is -0.111. The van der Waals surface area contributed by atoms with Crippen molar-refractivity contribution in [2.45, 2.75) is 53.9 Å². The van der Waals surface area contributed by atoms with Gasteiger partial charge in [-0.1, -0.05) is 20.8 Å². The summed E-state index contributed by atoms with van der Waals surface area (Å²) in [6.07, 6.45) is 0.626. The van der Waals surface area contributed by atoms with Gasteiger partial charge in [-0.15, -0.1) is 0 Å². The molecule has 0 saturated carbocycles. The maximum Gasteiger partial charge on any atom is 0.277 e. The van der Waals surface area contributed by atoms with E-state index in [4.69, 9.17) is 14.7 Å². The summed E-state index contributed by atoms with van der Waals surface area (Å²) in [6, 6.07) is 5.97. The van der Waals surface area contributed by atoms with Gasteiger partial charge in [0, 0.05) is 30.4 Å². The molecule has 2 heterocycles. The molecule has 0 fully saturated rings. The third-order valence-electron chi connectivity index (χ3n) is 5.42. The molecule has 0 spiro atoms. The number of anilines is 1. The predicted molar refractivity (Wildman–Crippen MR) is 123 cm³/mol. The van der Waals surface area contributed by atoms with E-state index in [2.05, 4.69) is 23.8 Å². The molecule has 1 aliphatic heterocycles. The van der Waals surface area contributed by atoms with Gasteiger partial charge >= 0.3 is 0 Å². The van der Waals surface area contributed by atoms with Crippen LogP contribution in [0.4, 0.5) is 11.4 Å². The molecule has 0 atom stereocenters. The molecule has 1 aromatic carbocycles. The molecule has 0 N–H and O–H groups in total. The van der Waals surface area contributed by atoms with Gasteiger partial charge < -0.3 is 9.64 Å². The minimum Gasteiger partial charge on any atom is -0.494 e. The van der Waals surface area contributed by atoms with Crippen molar-refractivity contribution in [2.75, 3.05) is 25.1 Å². The number of aliphatic imine (C=N–C) groups is 1. The van der Waals surface area contributed by atoms with Crippen molar-refractivity contribution < 1.29 is 4.74 Å². The van der Waals surface area contributed by atoms with Gasteiger partial charge in [0.1, 0.15) is 17.1 Å². The highest BCUT2D eigenvalue weighted by Crippen LogP contribution is 2.33. The average molecular weight is 410 g/mol. The van der Waals surface area contributed by atoms with Crippen molar-refractivity contribution in [1.82, 2.24) is 9.66 Å². The highest BCUT2D eigenvalue weighted by atomic mass is 16.5. The Bertz CT molecular complexity index is 1060. The van der Waals surface area contributed by atoms with Crippen molar-refractivity contribution in [1.29, 1.82) is 0 Å². The Balaban J connectivity index is 2.15. The fraction of sp³-hybridized carbons (Fsp3) is 0.478. The molecule has 1 aromatic heterocycles. The molecular formula is C23H31N5O2. The molecular weight excluding hydrogens is 378 g/mol. The lowest BCUT2D eigenvalue weighted by molar-refractivity contribution is 0.416. The number of fused-ring (bicyclic) bond motifs is 1. The molecule has 2 aromatic rings. The van der Waals surface area contributed by atoms with Crippen LogP contribution in [0.25, 0.3) is 0 Å². The molecule has 160 valence electrons. The Hall–Kier alpha value is -2.96. The fourth-order valence-electron chi connectivity index (χ4n) is 3.77. The van der Waals surface area contributed by atoms with Crippen LogP contribution in [0.1, 0.15) is 64.5 Å². The lowest BCUT2D eigenvalue weighted by Gasteiger charge is -2.22. The molecule has 0 unspecified atom stereocenters. The Morgan fingerprint density at radius 1 is 1.20 bits per heavy atom. The van der Waals surface area contributed by atoms with Gasteiger partial charge in [0.15, 0.2) is 5.82 Å². The zero-order valence-electron chi connectivity index (χ0n) is 19.0. The summed E-state index contributed by atoms with van der Waals surface area (Å²) < 4.78 is 7.00. The van der Waals surface area contributed by atoms with Crippen LogP contribution in [0.2, 0.25) is 0 Å². The second-order valence-electron chi connectivity index (χ2n) is 7.60. The van der Waals surface area contributed by atoms with Crippen LogP contribution in [0.3, 0.4) is 0 Å². The highest BCUT2D eigenvalue weighted by molar-refractivity contribution is 6.48. The number of ether oxygens (including phenoxy) is 1. The first-order valence-electron chi connectivity index (χ1n) is 10.6. The standard InChI is InChI=1S/C23H31N5O2/c1-8-17-20(14(4)5)25-22-21(15(6)26-28(22)23(17)29)24-18-12-11-16(13-19(18)30-7)27(9-2)10-3/h11-14H,8-10H2,1-7H3. The first kappa shape index (κ1) is 21.7. The maximum absolute atomic E-state index is 13.0. The van der Waals surface area contributed by atoms with E-state index in [0.29, 0.717) is 40.7 Å². The second-order valence-corrected chi connectivity index (χ2v) is 7.60. The molecule has 0 bridgehead atoms. The van der Waals surface area contributed by atoms with E-state index in [-0.39, 0.29) is 11.5 Å². The number of hydrogen-bond donors (Lipinski definition) is 0. The van der Waals surface area contributed by atoms with Crippen LogP contribution in [0.5, 0.6) is 5.75 Å². The fourth-order valence-corrected chi connectivity index (χ4v) is 3.77. The van der Waals surface area contributed by atoms with Gasteiger partial charge in [-0.3, -0.25) is 4.79 Å². The minimum absolute atomic E-state index is 0.111. The van der Waals surface area contributed by atoms with E-state index >= 15 is 0 Å². The molecule has 0 aliphatic carbocycles. The zero-order valence-corrected chi connectivity index (χ0v) is 19.0. The lowest BCUT2D eigenvalue weighted by atomic mass is 10.0. The quantitative estimate of drug-likeness (QED) is 0.689. The first-order chi connectivity index (χ1) is 14.4. The Morgan fingerprint density at radius 2 is 1.90 bits per heavy atom. The smallest absolute Gasteiger partial charge is 0.277 e. The van der Waals surface area contributed by atoms with E-state index < -0.39 is 0 Å². The summed E-state index contributed by atoms with van der Waals surface area (Å²) in [5, 5.41) is 4.44. The van der Waals surface area contributed by atoms with Gasteiger partial charge in [-0.05, 0) is 45.2 Å². The van der Waals surface area contributed by atoms with Crippen molar-refractivity contribution in [2.24, 2.45) is 10.1 Å². The third kappa shape index (κ3) is 3.76. The SMILES string of the molecule is CCc1c(C(C)C)nc2n(c1=O)N=C(C)C2=Nc1ccc(N(CC)CC)cc1OC. The van der Waals surface area contributed by atoms with E-state index in [9.17, 15) is 4.79 Å². The highest BCUT2D eigenvalue weighted by Gasteiger charge is 2.27. The first-order valence-corrected chi connectivity index (χ1v) is 10.6. The number of rotatable bonds is 7. The number of aromatic nitrogens is 2. The summed E-state index contributed by atoms with van der Waals surface area (Å²) in [7, 11) is 1.64. The molecule has 1 aliphatic rings. The summed E-state index contributed by atoms with van der Waals surface area (Å²) in [5.41, 5.74) is 4.46.